The second-order valence-corrected chi connectivity index (χ2v) is 9.12. The number of carbonyl (C=O) groups excluding carboxylic acids is 2. The van der Waals surface area contributed by atoms with E-state index in [9.17, 15) is 9.59 Å². The number of hydrogen-bond donors (Lipinski definition) is 2. The van der Waals surface area contributed by atoms with E-state index in [0.29, 0.717) is 12.2 Å². The molecule has 2 amide bonds. The van der Waals surface area contributed by atoms with Gasteiger partial charge in [0.25, 0.3) is 5.91 Å². The highest BCUT2D eigenvalue weighted by Gasteiger charge is 2.38. The number of ether oxygens (including phenoxy) is 1. The zero-order chi connectivity index (χ0) is 23.4. The number of nitrogens with zero attached hydrogens (tertiary/aromatic N) is 1. The molecule has 33 heavy (non-hydrogen) atoms. The molecule has 0 bridgehead atoms. The molecule has 4 rings (SSSR count). The summed E-state index contributed by atoms with van der Waals surface area (Å²) >= 11 is 3.35. The van der Waals surface area contributed by atoms with E-state index in [2.05, 4.69) is 38.3 Å². The number of methoxy groups -OCH3 is 1. The molecule has 0 radical (unpaired) electrons. The minimum atomic E-state index is -0.588. The molecule has 0 aromatic heterocycles. The molecule has 1 unspecified atom stereocenters. The van der Waals surface area contributed by atoms with E-state index >= 15 is 0 Å². The highest BCUT2D eigenvalue weighted by atomic mass is 79.9. The number of halogens is 1. The van der Waals surface area contributed by atoms with Gasteiger partial charge in [0.15, 0.2) is 0 Å². The van der Waals surface area contributed by atoms with Crippen LogP contribution in [0.4, 0.5) is 5.69 Å². The molecule has 6 nitrogen and oxygen atoms in total. The second-order valence-electron chi connectivity index (χ2n) is 8.21. The standard InChI is InChI=1S/C26H26BrN3O3/c1-33-20-10-7-18(8-11-20)22-15-30(14-17-5-3-2-4-6-17)16-23(22)26(32)29-24-12-9-19(27)13-21(24)25(28)31/h2-13,22-23H,14-16H2,1H3,(H2,28,31)(H,29,32)/t22-,23?/m1/s1. The zero-order valence-electron chi connectivity index (χ0n) is 18.3. The van der Waals surface area contributed by atoms with Gasteiger partial charge in [-0.3, -0.25) is 14.5 Å². The van der Waals surface area contributed by atoms with Gasteiger partial charge >= 0.3 is 0 Å². The van der Waals surface area contributed by atoms with E-state index in [1.807, 2.05) is 42.5 Å². The fraction of sp³-hybridized carbons (Fsp3) is 0.231. The summed E-state index contributed by atoms with van der Waals surface area (Å²) in [5, 5.41) is 2.96. The fourth-order valence-electron chi connectivity index (χ4n) is 4.37. The molecule has 3 aromatic carbocycles. The van der Waals surface area contributed by atoms with Crippen LogP contribution >= 0.6 is 15.9 Å². The van der Waals surface area contributed by atoms with Crippen molar-refractivity contribution in [1.82, 2.24) is 4.90 Å². The number of rotatable bonds is 7. The van der Waals surface area contributed by atoms with Gasteiger partial charge < -0.3 is 15.8 Å². The van der Waals surface area contributed by atoms with Gasteiger partial charge in [-0.15, -0.1) is 0 Å². The molecule has 0 saturated carbocycles. The maximum absolute atomic E-state index is 13.5. The Morgan fingerprint density at radius 2 is 1.79 bits per heavy atom. The first-order valence-corrected chi connectivity index (χ1v) is 11.5. The quantitative estimate of drug-likeness (QED) is 0.495. The molecular weight excluding hydrogens is 482 g/mol. The third-order valence-corrected chi connectivity index (χ3v) is 6.52. The van der Waals surface area contributed by atoms with E-state index in [1.54, 1.807) is 25.3 Å². The molecule has 1 heterocycles. The first-order valence-electron chi connectivity index (χ1n) is 10.7. The van der Waals surface area contributed by atoms with Gasteiger partial charge in [0.05, 0.1) is 24.3 Å². The lowest BCUT2D eigenvalue weighted by Crippen LogP contribution is -2.29. The topological polar surface area (TPSA) is 84.7 Å². The average Bonchev–Trinajstić information content (AvgIpc) is 3.24. The number of nitrogens with one attached hydrogen (secondary N) is 1. The third kappa shape index (κ3) is 5.43. The van der Waals surface area contributed by atoms with Gasteiger partial charge in [0, 0.05) is 30.0 Å². The molecule has 3 aromatic rings. The van der Waals surface area contributed by atoms with Crippen LogP contribution in [0.25, 0.3) is 0 Å². The van der Waals surface area contributed by atoms with Crippen LogP contribution in [0.2, 0.25) is 0 Å². The first kappa shape index (κ1) is 23.0. The van der Waals surface area contributed by atoms with Gasteiger partial charge in [-0.2, -0.15) is 0 Å². The Kier molecular flexibility index (Phi) is 7.11. The fourth-order valence-corrected chi connectivity index (χ4v) is 4.73. The van der Waals surface area contributed by atoms with Crippen LogP contribution < -0.4 is 15.8 Å². The van der Waals surface area contributed by atoms with Crippen LogP contribution in [-0.4, -0.2) is 36.9 Å². The number of carbonyl (C=O) groups is 2. The second kappa shape index (κ2) is 10.2. The Morgan fingerprint density at radius 3 is 2.45 bits per heavy atom. The zero-order valence-corrected chi connectivity index (χ0v) is 19.9. The van der Waals surface area contributed by atoms with Crippen molar-refractivity contribution in [2.75, 3.05) is 25.5 Å². The smallest absolute Gasteiger partial charge is 0.250 e. The summed E-state index contributed by atoms with van der Waals surface area (Å²) in [6.45, 7) is 2.13. The Hall–Kier alpha value is -3.16. The summed E-state index contributed by atoms with van der Waals surface area (Å²) in [5.74, 6) is -0.218. The number of benzene rings is 3. The van der Waals surface area contributed by atoms with Crippen LogP contribution in [0.15, 0.2) is 77.3 Å². The SMILES string of the molecule is COc1ccc([C@H]2CN(Cc3ccccc3)CC2C(=O)Nc2ccc(Br)cc2C(N)=O)cc1. The van der Waals surface area contributed by atoms with Crippen LogP contribution in [0, 0.1) is 5.92 Å². The first-order chi connectivity index (χ1) is 15.9. The van der Waals surface area contributed by atoms with Crippen molar-refractivity contribution in [2.24, 2.45) is 11.7 Å². The van der Waals surface area contributed by atoms with Gasteiger partial charge in [0.2, 0.25) is 5.91 Å². The number of likely N-dealkylation sites (tertiary alicyclic amines) is 1. The molecule has 0 spiro atoms. The molecule has 2 atom stereocenters. The number of amides is 2. The van der Waals surface area contributed by atoms with Crippen molar-refractivity contribution in [1.29, 1.82) is 0 Å². The number of anilines is 1. The van der Waals surface area contributed by atoms with E-state index in [1.165, 1.54) is 5.56 Å². The predicted molar refractivity (Wildman–Crippen MR) is 132 cm³/mol. The molecular formula is C26H26BrN3O3. The summed E-state index contributed by atoms with van der Waals surface area (Å²) in [6.07, 6.45) is 0. The minimum absolute atomic E-state index is 0.00657. The van der Waals surface area contributed by atoms with E-state index in [4.69, 9.17) is 10.5 Å². The minimum Gasteiger partial charge on any atom is -0.497 e. The summed E-state index contributed by atoms with van der Waals surface area (Å²) in [4.78, 5) is 27.7. The van der Waals surface area contributed by atoms with Crippen molar-refractivity contribution in [2.45, 2.75) is 12.5 Å². The Morgan fingerprint density at radius 1 is 1.06 bits per heavy atom. The van der Waals surface area contributed by atoms with Gasteiger partial charge in [-0.1, -0.05) is 58.4 Å². The highest BCUT2D eigenvalue weighted by Crippen LogP contribution is 2.35. The van der Waals surface area contributed by atoms with Crippen molar-refractivity contribution in [3.63, 3.8) is 0 Å². The third-order valence-electron chi connectivity index (χ3n) is 6.03. The largest absolute Gasteiger partial charge is 0.497 e. The van der Waals surface area contributed by atoms with Gasteiger partial charge in [0.1, 0.15) is 5.75 Å². The summed E-state index contributed by atoms with van der Waals surface area (Å²) in [7, 11) is 1.64. The monoisotopic (exact) mass is 507 g/mol. The van der Waals surface area contributed by atoms with Gasteiger partial charge in [-0.05, 0) is 41.5 Å². The Labute approximate surface area is 201 Å². The normalized spacial score (nSPS) is 18.1. The highest BCUT2D eigenvalue weighted by molar-refractivity contribution is 9.10. The van der Waals surface area contributed by atoms with E-state index in [0.717, 1.165) is 28.9 Å². The molecule has 1 aliphatic rings. The summed E-state index contributed by atoms with van der Waals surface area (Å²) in [5.41, 5.74) is 8.52. The molecule has 1 saturated heterocycles. The number of nitrogens with two attached hydrogens (primary N) is 1. The Bertz CT molecular complexity index is 1140. The van der Waals surface area contributed by atoms with Crippen LogP contribution in [0.1, 0.15) is 27.4 Å². The number of primary amides is 1. The van der Waals surface area contributed by atoms with Crippen LogP contribution in [0.5, 0.6) is 5.75 Å². The average molecular weight is 508 g/mol. The lowest BCUT2D eigenvalue weighted by atomic mass is 9.88. The Balaban J connectivity index is 1.59. The lowest BCUT2D eigenvalue weighted by Gasteiger charge is -2.19. The maximum atomic E-state index is 13.5. The molecule has 0 aliphatic carbocycles. The summed E-state index contributed by atoms with van der Waals surface area (Å²) in [6, 6.07) is 23.2. The molecule has 3 N–H and O–H groups in total. The van der Waals surface area contributed by atoms with E-state index in [-0.39, 0.29) is 23.3 Å². The lowest BCUT2D eigenvalue weighted by molar-refractivity contribution is -0.119. The van der Waals surface area contributed by atoms with Crippen LogP contribution in [-0.2, 0) is 11.3 Å². The number of hydrogen-bond acceptors (Lipinski definition) is 4. The molecule has 170 valence electrons. The van der Waals surface area contributed by atoms with Crippen molar-refractivity contribution >= 4 is 33.4 Å². The van der Waals surface area contributed by atoms with Crippen molar-refractivity contribution in [3.05, 3.63) is 94.0 Å². The molecule has 1 aliphatic heterocycles. The predicted octanol–water partition coefficient (Wildman–Crippen LogP) is 4.41. The maximum Gasteiger partial charge on any atom is 0.250 e. The molecule has 1 fully saturated rings. The van der Waals surface area contributed by atoms with Crippen molar-refractivity contribution < 1.29 is 14.3 Å². The van der Waals surface area contributed by atoms with Crippen LogP contribution in [0.3, 0.4) is 0 Å². The van der Waals surface area contributed by atoms with Crippen molar-refractivity contribution in [3.8, 4) is 5.75 Å². The van der Waals surface area contributed by atoms with E-state index < -0.39 is 5.91 Å². The summed E-state index contributed by atoms with van der Waals surface area (Å²) < 4.78 is 6.02. The molecule has 7 heteroatoms. The van der Waals surface area contributed by atoms with Gasteiger partial charge in [-0.25, -0.2) is 0 Å².